The molecule has 0 radical (unpaired) electrons. The lowest BCUT2D eigenvalue weighted by molar-refractivity contribution is -0.107. The van der Waals surface area contributed by atoms with Crippen LogP contribution in [0.2, 0.25) is 0 Å². The average molecular weight is 329 g/mol. The first-order valence-electron chi connectivity index (χ1n) is 9.41. The Bertz CT molecular complexity index is 697. The molecule has 5 atom stereocenters. The Kier molecular flexibility index (Phi) is 3.18. The lowest BCUT2D eigenvalue weighted by Gasteiger charge is -2.62. The van der Waals surface area contributed by atoms with Crippen LogP contribution in [-0.4, -0.2) is 16.3 Å². The zero-order chi connectivity index (χ0) is 17.5. The minimum Gasteiger partial charge on any atom is -0.508 e. The first kappa shape index (κ1) is 16.3. The molecule has 24 heavy (non-hydrogen) atoms. The number of phenolic OH excluding ortho intramolecular Hbond substituents is 2. The number of hydrogen-bond donors (Lipinski definition) is 3. The molecule has 1 unspecified atom stereocenters. The number of hydrogen-bond acceptors (Lipinski definition) is 3. The molecule has 4 rings (SSSR count). The van der Waals surface area contributed by atoms with Gasteiger partial charge in [0.05, 0.1) is 0 Å². The summed E-state index contributed by atoms with van der Waals surface area (Å²) in [5.74, 6) is 1.60. The summed E-state index contributed by atoms with van der Waals surface area (Å²) in [6.45, 7) is 9.51. The first-order valence-corrected chi connectivity index (χ1v) is 9.41. The van der Waals surface area contributed by atoms with E-state index in [9.17, 15) is 10.2 Å². The van der Waals surface area contributed by atoms with Crippen molar-refractivity contribution in [2.75, 3.05) is 0 Å². The molecule has 4 N–H and O–H groups in total. The minimum atomic E-state index is 0.00980. The van der Waals surface area contributed by atoms with Gasteiger partial charge in [0.15, 0.2) is 0 Å². The van der Waals surface area contributed by atoms with Crippen molar-refractivity contribution in [2.24, 2.45) is 28.4 Å². The maximum absolute atomic E-state index is 10.6. The molecule has 0 saturated heterocycles. The molecule has 0 spiro atoms. The van der Waals surface area contributed by atoms with Crippen LogP contribution in [0.4, 0.5) is 0 Å². The number of nitrogens with two attached hydrogens (primary N) is 1. The average Bonchev–Trinajstić information content (AvgIpc) is 2.77. The molecule has 3 heteroatoms. The second kappa shape index (κ2) is 4.69. The normalized spacial score (nSPS) is 43.0. The van der Waals surface area contributed by atoms with Crippen LogP contribution in [0.15, 0.2) is 12.1 Å². The van der Waals surface area contributed by atoms with Crippen molar-refractivity contribution in [1.82, 2.24) is 0 Å². The highest BCUT2D eigenvalue weighted by Gasteiger charge is 2.62. The fourth-order valence-corrected chi connectivity index (χ4v) is 7.05. The SMILES string of the molecule is CC1(C)C2CC[C@]3(C)c4c(O)cc(O)cc4C[C@H]3[C@]2(C)CC[C@H]1N. The van der Waals surface area contributed by atoms with E-state index in [4.69, 9.17) is 5.73 Å². The van der Waals surface area contributed by atoms with E-state index in [1.807, 2.05) is 6.07 Å². The highest BCUT2D eigenvalue weighted by molar-refractivity contribution is 5.54. The predicted molar refractivity (Wildman–Crippen MR) is 96.1 cm³/mol. The maximum Gasteiger partial charge on any atom is 0.123 e. The molecule has 1 aromatic carbocycles. The van der Waals surface area contributed by atoms with E-state index in [1.54, 1.807) is 0 Å². The fraction of sp³-hybridized carbons (Fsp3) is 0.714. The van der Waals surface area contributed by atoms with Crippen LogP contribution >= 0.6 is 0 Å². The molecular formula is C21H31NO2. The van der Waals surface area contributed by atoms with Gasteiger partial charge in [-0.1, -0.05) is 27.7 Å². The lowest BCUT2D eigenvalue weighted by atomic mass is 9.43. The number of phenols is 2. The van der Waals surface area contributed by atoms with Crippen LogP contribution in [-0.2, 0) is 11.8 Å². The summed E-state index contributed by atoms with van der Waals surface area (Å²) in [5.41, 5.74) is 9.16. The molecule has 0 heterocycles. The van der Waals surface area contributed by atoms with Crippen molar-refractivity contribution in [3.05, 3.63) is 23.3 Å². The zero-order valence-corrected chi connectivity index (χ0v) is 15.4. The monoisotopic (exact) mass is 329 g/mol. The Hall–Kier alpha value is -1.22. The smallest absolute Gasteiger partial charge is 0.123 e. The van der Waals surface area contributed by atoms with Crippen LogP contribution < -0.4 is 5.73 Å². The summed E-state index contributed by atoms with van der Waals surface area (Å²) < 4.78 is 0. The first-order chi connectivity index (χ1) is 11.1. The van der Waals surface area contributed by atoms with E-state index in [0.717, 1.165) is 30.4 Å². The molecule has 1 aromatic rings. The zero-order valence-electron chi connectivity index (χ0n) is 15.4. The Morgan fingerprint density at radius 1 is 1.00 bits per heavy atom. The highest BCUT2D eigenvalue weighted by atomic mass is 16.3. The molecule has 2 saturated carbocycles. The van der Waals surface area contributed by atoms with Crippen molar-refractivity contribution >= 4 is 0 Å². The second-order valence-electron chi connectivity index (χ2n) is 9.74. The van der Waals surface area contributed by atoms with Gasteiger partial charge in [-0.15, -0.1) is 0 Å². The molecule has 0 amide bonds. The molecule has 132 valence electrons. The van der Waals surface area contributed by atoms with Crippen LogP contribution in [0.3, 0.4) is 0 Å². The molecule has 0 aliphatic heterocycles. The van der Waals surface area contributed by atoms with E-state index >= 15 is 0 Å². The van der Waals surface area contributed by atoms with Crippen molar-refractivity contribution in [3.63, 3.8) is 0 Å². The molecule has 0 aromatic heterocycles. The molecule has 2 fully saturated rings. The van der Waals surface area contributed by atoms with Crippen molar-refractivity contribution < 1.29 is 10.2 Å². The maximum atomic E-state index is 10.6. The Morgan fingerprint density at radius 3 is 2.42 bits per heavy atom. The largest absolute Gasteiger partial charge is 0.508 e. The van der Waals surface area contributed by atoms with Gasteiger partial charge in [-0.2, -0.15) is 0 Å². The lowest BCUT2D eigenvalue weighted by Crippen LogP contribution is -2.60. The Morgan fingerprint density at radius 2 is 1.71 bits per heavy atom. The number of rotatable bonds is 0. The van der Waals surface area contributed by atoms with Crippen molar-refractivity contribution in [3.8, 4) is 11.5 Å². The predicted octanol–water partition coefficient (Wildman–Crippen LogP) is 4.09. The van der Waals surface area contributed by atoms with Gasteiger partial charge in [-0.3, -0.25) is 0 Å². The van der Waals surface area contributed by atoms with E-state index in [0.29, 0.717) is 11.8 Å². The van der Waals surface area contributed by atoms with Gasteiger partial charge in [0.25, 0.3) is 0 Å². The summed E-state index contributed by atoms with van der Waals surface area (Å²) in [5, 5.41) is 20.5. The van der Waals surface area contributed by atoms with Gasteiger partial charge in [0.2, 0.25) is 0 Å². The molecular weight excluding hydrogens is 298 g/mol. The third-order valence-electron chi connectivity index (χ3n) is 8.34. The number of aromatic hydroxyl groups is 2. The Labute approximate surface area is 145 Å². The number of benzene rings is 1. The standard InChI is InChI=1S/C21H31NO2/c1-19(2)15-5-7-21(4)16(20(15,3)8-6-17(19)22)10-12-9-13(23)11-14(24)18(12)21/h9,11,15-17,23-24H,5-8,10,22H2,1-4H3/t15?,16-,17+,20+,21-/m0/s1. The van der Waals surface area contributed by atoms with Crippen molar-refractivity contribution in [2.45, 2.75) is 71.3 Å². The molecule has 0 bridgehead atoms. The molecule has 3 nitrogen and oxygen atoms in total. The highest BCUT2D eigenvalue weighted by Crippen LogP contribution is 2.68. The number of fused-ring (bicyclic) bond motifs is 5. The summed E-state index contributed by atoms with van der Waals surface area (Å²) in [6.07, 6.45) is 5.49. The van der Waals surface area contributed by atoms with E-state index in [1.165, 1.54) is 18.9 Å². The van der Waals surface area contributed by atoms with Crippen molar-refractivity contribution in [1.29, 1.82) is 0 Å². The van der Waals surface area contributed by atoms with Gasteiger partial charge in [0, 0.05) is 23.1 Å². The third kappa shape index (κ3) is 1.82. The fourth-order valence-electron chi connectivity index (χ4n) is 7.05. The van der Waals surface area contributed by atoms with Gasteiger partial charge < -0.3 is 15.9 Å². The summed E-state index contributed by atoms with van der Waals surface area (Å²) in [7, 11) is 0. The van der Waals surface area contributed by atoms with E-state index in [-0.39, 0.29) is 33.8 Å². The van der Waals surface area contributed by atoms with Crippen LogP contribution in [0, 0.1) is 22.7 Å². The molecule has 3 aliphatic carbocycles. The molecule has 3 aliphatic rings. The second-order valence-corrected chi connectivity index (χ2v) is 9.74. The van der Waals surface area contributed by atoms with E-state index in [2.05, 4.69) is 27.7 Å². The third-order valence-corrected chi connectivity index (χ3v) is 8.34. The minimum absolute atomic E-state index is 0.00980. The van der Waals surface area contributed by atoms with Gasteiger partial charge in [0.1, 0.15) is 11.5 Å². The van der Waals surface area contributed by atoms with Gasteiger partial charge in [-0.25, -0.2) is 0 Å². The summed E-state index contributed by atoms with van der Waals surface area (Å²) >= 11 is 0. The van der Waals surface area contributed by atoms with Gasteiger partial charge in [-0.05, 0) is 66.4 Å². The summed E-state index contributed by atoms with van der Waals surface area (Å²) in [6, 6.07) is 3.67. The van der Waals surface area contributed by atoms with Crippen LogP contribution in [0.5, 0.6) is 11.5 Å². The van der Waals surface area contributed by atoms with E-state index < -0.39 is 0 Å². The quantitative estimate of drug-likeness (QED) is 0.671. The van der Waals surface area contributed by atoms with Gasteiger partial charge >= 0.3 is 0 Å². The van der Waals surface area contributed by atoms with Crippen LogP contribution in [0.1, 0.15) is 64.5 Å². The topological polar surface area (TPSA) is 66.5 Å². The van der Waals surface area contributed by atoms with Crippen LogP contribution in [0.25, 0.3) is 0 Å². The Balaban J connectivity index is 1.83. The summed E-state index contributed by atoms with van der Waals surface area (Å²) in [4.78, 5) is 0.